The molecule has 0 aliphatic rings. The highest BCUT2D eigenvalue weighted by molar-refractivity contribution is 6.32. The van der Waals surface area contributed by atoms with E-state index < -0.39 is 0 Å². The molecule has 0 fully saturated rings. The zero-order valence-electron chi connectivity index (χ0n) is 8.50. The fourth-order valence-electron chi connectivity index (χ4n) is 1.52. The van der Waals surface area contributed by atoms with Crippen molar-refractivity contribution in [1.29, 1.82) is 0 Å². The van der Waals surface area contributed by atoms with Crippen LogP contribution in [-0.4, -0.2) is 21.1 Å². The molecule has 0 aromatic carbocycles. The molecule has 2 rings (SSSR count). The number of nitrogens with two attached hydrogens (primary N) is 1. The number of nitrogens with one attached hydrogen (secondary N) is 1. The maximum Gasteiger partial charge on any atom is 0.138 e. The summed E-state index contributed by atoms with van der Waals surface area (Å²) in [6.45, 7) is 0.575. The SMILES string of the molecule is Cn1c(CCN)nc(-c2ccc[nH]2)c1Cl. The maximum absolute atomic E-state index is 6.18. The average Bonchev–Trinajstić information content (AvgIpc) is 2.82. The molecule has 0 aliphatic heterocycles. The number of hydrogen-bond donors (Lipinski definition) is 2. The molecule has 0 unspecified atom stereocenters. The molecule has 80 valence electrons. The van der Waals surface area contributed by atoms with Gasteiger partial charge in [0.1, 0.15) is 16.7 Å². The van der Waals surface area contributed by atoms with Crippen LogP contribution in [0, 0.1) is 0 Å². The molecular formula is C10H13ClN4. The molecule has 3 N–H and O–H groups in total. The monoisotopic (exact) mass is 224 g/mol. The van der Waals surface area contributed by atoms with E-state index in [-0.39, 0.29) is 0 Å². The van der Waals surface area contributed by atoms with E-state index in [9.17, 15) is 0 Å². The summed E-state index contributed by atoms with van der Waals surface area (Å²) in [7, 11) is 1.90. The lowest BCUT2D eigenvalue weighted by atomic mass is 10.3. The third-order valence-electron chi connectivity index (χ3n) is 2.34. The van der Waals surface area contributed by atoms with E-state index in [1.807, 2.05) is 29.9 Å². The van der Waals surface area contributed by atoms with Crippen LogP contribution in [0.15, 0.2) is 18.3 Å². The van der Waals surface area contributed by atoms with Crippen LogP contribution in [0.1, 0.15) is 5.82 Å². The van der Waals surface area contributed by atoms with E-state index in [0.29, 0.717) is 11.7 Å². The Morgan fingerprint density at radius 2 is 2.40 bits per heavy atom. The Kier molecular flexibility index (Phi) is 2.79. The zero-order chi connectivity index (χ0) is 10.8. The Morgan fingerprint density at radius 1 is 1.60 bits per heavy atom. The van der Waals surface area contributed by atoms with Crippen LogP contribution in [0.2, 0.25) is 5.15 Å². The van der Waals surface area contributed by atoms with Crippen molar-refractivity contribution in [1.82, 2.24) is 14.5 Å². The number of aromatic amines is 1. The molecule has 0 atom stereocenters. The second-order valence-electron chi connectivity index (χ2n) is 3.35. The van der Waals surface area contributed by atoms with Crippen molar-refractivity contribution in [3.63, 3.8) is 0 Å². The molecule has 0 radical (unpaired) electrons. The van der Waals surface area contributed by atoms with Gasteiger partial charge < -0.3 is 15.3 Å². The number of imidazole rings is 1. The summed E-state index contributed by atoms with van der Waals surface area (Å²) in [6.07, 6.45) is 2.58. The summed E-state index contributed by atoms with van der Waals surface area (Å²) in [4.78, 5) is 7.55. The van der Waals surface area contributed by atoms with Crippen LogP contribution in [0.25, 0.3) is 11.4 Å². The molecule has 0 saturated heterocycles. The van der Waals surface area contributed by atoms with Gasteiger partial charge in [0.2, 0.25) is 0 Å². The van der Waals surface area contributed by atoms with Crippen molar-refractivity contribution in [2.24, 2.45) is 12.8 Å². The van der Waals surface area contributed by atoms with E-state index in [1.165, 1.54) is 0 Å². The highest BCUT2D eigenvalue weighted by atomic mass is 35.5. The molecule has 0 amide bonds. The van der Waals surface area contributed by atoms with E-state index in [2.05, 4.69) is 9.97 Å². The lowest BCUT2D eigenvalue weighted by Crippen LogP contribution is -2.07. The molecule has 0 bridgehead atoms. The van der Waals surface area contributed by atoms with Gasteiger partial charge in [0.25, 0.3) is 0 Å². The van der Waals surface area contributed by atoms with E-state index in [4.69, 9.17) is 17.3 Å². The summed E-state index contributed by atoms with van der Waals surface area (Å²) in [6, 6.07) is 3.86. The normalized spacial score (nSPS) is 10.9. The summed E-state index contributed by atoms with van der Waals surface area (Å²) in [5.41, 5.74) is 7.22. The zero-order valence-corrected chi connectivity index (χ0v) is 9.25. The third-order valence-corrected chi connectivity index (χ3v) is 2.77. The van der Waals surface area contributed by atoms with Gasteiger partial charge >= 0.3 is 0 Å². The van der Waals surface area contributed by atoms with Gasteiger partial charge in [-0.3, -0.25) is 0 Å². The smallest absolute Gasteiger partial charge is 0.138 e. The van der Waals surface area contributed by atoms with Crippen LogP contribution in [0.3, 0.4) is 0 Å². The number of H-pyrrole nitrogens is 1. The molecule has 15 heavy (non-hydrogen) atoms. The van der Waals surface area contributed by atoms with Crippen LogP contribution in [0.5, 0.6) is 0 Å². The van der Waals surface area contributed by atoms with Crippen molar-refractivity contribution < 1.29 is 0 Å². The molecule has 0 saturated carbocycles. The van der Waals surface area contributed by atoms with Crippen LogP contribution >= 0.6 is 11.6 Å². The first-order chi connectivity index (χ1) is 7.24. The first kappa shape index (κ1) is 10.3. The molecule has 2 aromatic rings. The van der Waals surface area contributed by atoms with Crippen LogP contribution in [-0.2, 0) is 13.5 Å². The van der Waals surface area contributed by atoms with Gasteiger partial charge in [-0.05, 0) is 18.7 Å². The molecule has 4 nitrogen and oxygen atoms in total. The predicted molar refractivity (Wildman–Crippen MR) is 60.8 cm³/mol. The van der Waals surface area contributed by atoms with Gasteiger partial charge in [-0.2, -0.15) is 0 Å². The Bertz CT molecular complexity index is 444. The maximum atomic E-state index is 6.18. The lowest BCUT2D eigenvalue weighted by molar-refractivity contribution is 0.778. The minimum atomic E-state index is 0.575. The summed E-state index contributed by atoms with van der Waals surface area (Å²) >= 11 is 6.18. The standard InChI is InChI=1S/C10H13ClN4/c1-15-8(4-5-12)14-9(10(15)11)7-3-2-6-13-7/h2-3,6,13H,4-5,12H2,1H3. The average molecular weight is 225 g/mol. The molecule has 0 aliphatic carbocycles. The highest BCUT2D eigenvalue weighted by Crippen LogP contribution is 2.26. The van der Waals surface area contributed by atoms with E-state index in [1.54, 1.807) is 0 Å². The molecule has 2 heterocycles. The largest absolute Gasteiger partial charge is 0.360 e. The van der Waals surface area contributed by atoms with E-state index in [0.717, 1.165) is 23.6 Å². The molecule has 0 spiro atoms. The van der Waals surface area contributed by atoms with E-state index >= 15 is 0 Å². The Labute approximate surface area is 93.1 Å². The van der Waals surface area contributed by atoms with Crippen LogP contribution in [0.4, 0.5) is 0 Å². The quantitative estimate of drug-likeness (QED) is 0.832. The van der Waals surface area contributed by atoms with Gasteiger partial charge in [0.15, 0.2) is 0 Å². The van der Waals surface area contributed by atoms with Gasteiger partial charge in [-0.25, -0.2) is 4.98 Å². The number of nitrogens with zero attached hydrogens (tertiary/aromatic N) is 2. The highest BCUT2D eigenvalue weighted by Gasteiger charge is 2.14. The second kappa shape index (κ2) is 4.08. The first-order valence-electron chi connectivity index (χ1n) is 4.79. The third kappa shape index (κ3) is 1.78. The first-order valence-corrected chi connectivity index (χ1v) is 5.16. The molecule has 5 heteroatoms. The minimum absolute atomic E-state index is 0.575. The van der Waals surface area contributed by atoms with Gasteiger partial charge in [-0.1, -0.05) is 11.6 Å². The van der Waals surface area contributed by atoms with Crippen molar-refractivity contribution in [2.45, 2.75) is 6.42 Å². The Hall–Kier alpha value is -1.26. The predicted octanol–water partition coefficient (Wildman–Crippen LogP) is 1.57. The van der Waals surface area contributed by atoms with Crippen molar-refractivity contribution in [3.05, 3.63) is 29.3 Å². The summed E-state index contributed by atoms with van der Waals surface area (Å²) < 4.78 is 1.87. The van der Waals surface area contributed by atoms with Crippen molar-refractivity contribution in [3.8, 4) is 11.4 Å². The van der Waals surface area contributed by atoms with Crippen molar-refractivity contribution in [2.75, 3.05) is 6.54 Å². The second-order valence-corrected chi connectivity index (χ2v) is 3.71. The Balaban J connectivity index is 2.45. The number of hydrogen-bond acceptors (Lipinski definition) is 2. The topological polar surface area (TPSA) is 59.6 Å². The van der Waals surface area contributed by atoms with Gasteiger partial charge in [0, 0.05) is 19.7 Å². The minimum Gasteiger partial charge on any atom is -0.360 e. The van der Waals surface area contributed by atoms with Crippen molar-refractivity contribution >= 4 is 11.6 Å². The summed E-state index contributed by atoms with van der Waals surface area (Å²) in [5, 5.41) is 0.640. The number of aromatic nitrogens is 3. The summed E-state index contributed by atoms with van der Waals surface area (Å²) in [5.74, 6) is 0.909. The molecule has 2 aromatic heterocycles. The fourth-order valence-corrected chi connectivity index (χ4v) is 1.77. The van der Waals surface area contributed by atoms with Gasteiger partial charge in [-0.15, -0.1) is 0 Å². The number of rotatable bonds is 3. The lowest BCUT2D eigenvalue weighted by Gasteiger charge is -1.98. The Morgan fingerprint density at radius 3 is 3.00 bits per heavy atom. The van der Waals surface area contributed by atoms with Gasteiger partial charge in [0.05, 0.1) is 5.69 Å². The number of halogens is 1. The van der Waals surface area contributed by atoms with Crippen LogP contribution < -0.4 is 5.73 Å². The fraction of sp³-hybridized carbons (Fsp3) is 0.300. The molecular weight excluding hydrogens is 212 g/mol.